The summed E-state index contributed by atoms with van der Waals surface area (Å²) in [4.78, 5) is 16.4. The summed E-state index contributed by atoms with van der Waals surface area (Å²) in [6.45, 7) is 0.405. The third kappa shape index (κ3) is 4.84. The molecular weight excluding hydrogens is 346 g/mol. The normalized spacial score (nSPS) is 10.4. The van der Waals surface area contributed by atoms with E-state index in [0.29, 0.717) is 24.7 Å². The fraction of sp³-hybridized carbons (Fsp3) is 0.250. The molecule has 3 aromatic rings. The first-order chi connectivity index (χ1) is 13.2. The van der Waals surface area contributed by atoms with Gasteiger partial charge in [0, 0.05) is 30.5 Å². The van der Waals surface area contributed by atoms with Crippen molar-refractivity contribution in [3.8, 4) is 22.9 Å². The zero-order valence-electron chi connectivity index (χ0n) is 15.3. The number of benzene rings is 2. The maximum atomic E-state index is 12.1. The lowest BCUT2D eigenvalue weighted by atomic mass is 10.2. The molecule has 140 valence electrons. The molecule has 0 unspecified atom stereocenters. The highest BCUT2D eigenvalue weighted by Crippen LogP contribution is 2.21. The van der Waals surface area contributed by atoms with Gasteiger partial charge in [0.15, 0.2) is 0 Å². The molecule has 0 spiro atoms. The number of aromatic nitrogens is 2. The Bertz CT molecular complexity index is 908. The Hall–Kier alpha value is -3.35. The summed E-state index contributed by atoms with van der Waals surface area (Å²) in [5.41, 5.74) is 1.72. The number of hydrogen-bond acceptors (Lipinski definition) is 6. The van der Waals surface area contributed by atoms with Crippen LogP contribution in [0.4, 0.5) is 0 Å². The summed E-state index contributed by atoms with van der Waals surface area (Å²) >= 11 is 0. The van der Waals surface area contributed by atoms with Gasteiger partial charge in [0.25, 0.3) is 0 Å². The molecule has 2 aromatic carbocycles. The van der Waals surface area contributed by atoms with Gasteiger partial charge in [0.05, 0.1) is 14.2 Å². The lowest BCUT2D eigenvalue weighted by molar-refractivity contribution is -0.121. The molecule has 0 fully saturated rings. The minimum absolute atomic E-state index is 0.0953. The molecule has 0 saturated heterocycles. The van der Waals surface area contributed by atoms with Gasteiger partial charge in [0.2, 0.25) is 17.6 Å². The van der Waals surface area contributed by atoms with Crippen molar-refractivity contribution in [2.75, 3.05) is 14.2 Å². The maximum absolute atomic E-state index is 12.1. The summed E-state index contributed by atoms with van der Waals surface area (Å²) in [7, 11) is 3.21. The van der Waals surface area contributed by atoms with E-state index in [1.165, 1.54) is 0 Å². The Kier molecular flexibility index (Phi) is 6.04. The van der Waals surface area contributed by atoms with Crippen molar-refractivity contribution >= 4 is 5.91 Å². The number of amides is 1. The van der Waals surface area contributed by atoms with Crippen LogP contribution in [0.1, 0.15) is 17.9 Å². The molecule has 1 amide bonds. The van der Waals surface area contributed by atoms with Crippen molar-refractivity contribution in [3.63, 3.8) is 0 Å². The fourth-order valence-corrected chi connectivity index (χ4v) is 2.59. The molecule has 0 saturated carbocycles. The zero-order chi connectivity index (χ0) is 19.1. The standard InChI is InChI=1S/C20H21N3O4/c1-25-16-8-5-7-14(12-16)20-22-19(27-23-20)11-10-18(24)21-13-15-6-3-4-9-17(15)26-2/h3-9,12H,10-11,13H2,1-2H3,(H,21,24). The smallest absolute Gasteiger partial charge is 0.227 e. The first-order valence-electron chi connectivity index (χ1n) is 8.55. The van der Waals surface area contributed by atoms with Gasteiger partial charge in [-0.05, 0) is 18.2 Å². The summed E-state index contributed by atoms with van der Waals surface area (Å²) < 4.78 is 15.7. The molecule has 1 heterocycles. The van der Waals surface area contributed by atoms with Crippen molar-refractivity contribution in [1.29, 1.82) is 0 Å². The van der Waals surface area contributed by atoms with E-state index in [4.69, 9.17) is 14.0 Å². The van der Waals surface area contributed by atoms with E-state index in [9.17, 15) is 4.79 Å². The van der Waals surface area contributed by atoms with Crippen LogP contribution in [-0.4, -0.2) is 30.3 Å². The number of nitrogens with one attached hydrogen (secondary N) is 1. The molecule has 0 aliphatic heterocycles. The van der Waals surface area contributed by atoms with Crippen LogP contribution < -0.4 is 14.8 Å². The van der Waals surface area contributed by atoms with Gasteiger partial charge in [-0.2, -0.15) is 4.98 Å². The SMILES string of the molecule is COc1cccc(-c2noc(CCC(=O)NCc3ccccc3OC)n2)c1. The second-order valence-electron chi connectivity index (χ2n) is 5.83. The first kappa shape index (κ1) is 18.4. The van der Waals surface area contributed by atoms with E-state index < -0.39 is 0 Å². The van der Waals surface area contributed by atoms with E-state index in [-0.39, 0.29) is 12.3 Å². The highest BCUT2D eigenvalue weighted by molar-refractivity contribution is 5.76. The minimum atomic E-state index is -0.0953. The van der Waals surface area contributed by atoms with Gasteiger partial charge in [0.1, 0.15) is 11.5 Å². The topological polar surface area (TPSA) is 86.5 Å². The molecular formula is C20H21N3O4. The van der Waals surface area contributed by atoms with Crippen molar-refractivity contribution in [2.24, 2.45) is 0 Å². The maximum Gasteiger partial charge on any atom is 0.227 e. The van der Waals surface area contributed by atoms with Gasteiger partial charge in [-0.15, -0.1) is 0 Å². The average Bonchev–Trinajstić information content (AvgIpc) is 3.20. The Morgan fingerprint density at radius 3 is 2.78 bits per heavy atom. The summed E-state index contributed by atoms with van der Waals surface area (Å²) in [6.07, 6.45) is 0.629. The fourth-order valence-electron chi connectivity index (χ4n) is 2.59. The third-order valence-electron chi connectivity index (χ3n) is 4.03. The van der Waals surface area contributed by atoms with Crippen LogP contribution in [0.3, 0.4) is 0 Å². The molecule has 1 N–H and O–H groups in total. The number of aryl methyl sites for hydroxylation is 1. The quantitative estimate of drug-likeness (QED) is 0.659. The minimum Gasteiger partial charge on any atom is -0.497 e. The molecule has 7 heteroatoms. The van der Waals surface area contributed by atoms with Crippen molar-refractivity contribution in [3.05, 3.63) is 60.0 Å². The van der Waals surface area contributed by atoms with Gasteiger partial charge >= 0.3 is 0 Å². The van der Waals surface area contributed by atoms with Gasteiger partial charge in [-0.1, -0.05) is 35.5 Å². The number of carbonyl (C=O) groups is 1. The highest BCUT2D eigenvalue weighted by atomic mass is 16.5. The predicted octanol–water partition coefficient (Wildman–Crippen LogP) is 3.00. The molecule has 0 atom stereocenters. The predicted molar refractivity (Wildman–Crippen MR) is 99.4 cm³/mol. The Morgan fingerprint density at radius 1 is 1.11 bits per heavy atom. The monoisotopic (exact) mass is 367 g/mol. The lowest BCUT2D eigenvalue weighted by Crippen LogP contribution is -2.23. The third-order valence-corrected chi connectivity index (χ3v) is 4.03. The number of para-hydroxylation sites is 1. The molecule has 27 heavy (non-hydrogen) atoms. The molecule has 1 aromatic heterocycles. The second kappa shape index (κ2) is 8.84. The van der Waals surface area contributed by atoms with Crippen LogP contribution in [0.25, 0.3) is 11.4 Å². The van der Waals surface area contributed by atoms with Crippen LogP contribution >= 0.6 is 0 Å². The molecule has 0 bridgehead atoms. The van der Waals surface area contributed by atoms with E-state index >= 15 is 0 Å². The number of hydrogen-bond donors (Lipinski definition) is 1. The number of nitrogens with zero attached hydrogens (tertiary/aromatic N) is 2. The van der Waals surface area contributed by atoms with Gasteiger partial charge in [-0.3, -0.25) is 4.79 Å². The number of methoxy groups -OCH3 is 2. The second-order valence-corrected chi connectivity index (χ2v) is 5.83. The largest absolute Gasteiger partial charge is 0.497 e. The number of ether oxygens (including phenoxy) is 2. The molecule has 0 aliphatic rings. The Balaban J connectivity index is 1.53. The van der Waals surface area contributed by atoms with Crippen LogP contribution in [0.5, 0.6) is 11.5 Å². The van der Waals surface area contributed by atoms with E-state index in [2.05, 4.69) is 15.5 Å². The zero-order valence-corrected chi connectivity index (χ0v) is 15.3. The highest BCUT2D eigenvalue weighted by Gasteiger charge is 2.12. The van der Waals surface area contributed by atoms with Crippen molar-refractivity contribution in [1.82, 2.24) is 15.5 Å². The van der Waals surface area contributed by atoms with Gasteiger partial charge < -0.3 is 19.3 Å². The summed E-state index contributed by atoms with van der Waals surface area (Å²) in [5, 5.41) is 6.84. The van der Waals surface area contributed by atoms with Crippen LogP contribution in [0.2, 0.25) is 0 Å². The van der Waals surface area contributed by atoms with E-state index in [1.807, 2.05) is 48.5 Å². The average molecular weight is 367 g/mol. The van der Waals surface area contributed by atoms with Gasteiger partial charge in [-0.25, -0.2) is 0 Å². The number of rotatable bonds is 8. The molecule has 0 aliphatic carbocycles. The summed E-state index contributed by atoms with van der Waals surface area (Å²) in [6, 6.07) is 15.0. The lowest BCUT2D eigenvalue weighted by Gasteiger charge is -2.09. The molecule has 0 radical (unpaired) electrons. The number of carbonyl (C=O) groups excluding carboxylic acids is 1. The van der Waals surface area contributed by atoms with Crippen LogP contribution in [0.15, 0.2) is 53.1 Å². The first-order valence-corrected chi connectivity index (χ1v) is 8.55. The van der Waals surface area contributed by atoms with E-state index in [1.54, 1.807) is 14.2 Å². The Labute approximate surface area is 157 Å². The van der Waals surface area contributed by atoms with Crippen molar-refractivity contribution < 1.29 is 18.8 Å². The Morgan fingerprint density at radius 2 is 1.96 bits per heavy atom. The van der Waals surface area contributed by atoms with Crippen LogP contribution in [0, 0.1) is 0 Å². The van der Waals surface area contributed by atoms with Crippen molar-refractivity contribution in [2.45, 2.75) is 19.4 Å². The molecule has 7 nitrogen and oxygen atoms in total. The van der Waals surface area contributed by atoms with Crippen LogP contribution in [-0.2, 0) is 17.8 Å². The summed E-state index contributed by atoms with van der Waals surface area (Å²) in [5.74, 6) is 2.26. The van der Waals surface area contributed by atoms with E-state index in [0.717, 1.165) is 22.6 Å². The molecule has 3 rings (SSSR count).